The molecule has 0 saturated carbocycles. The summed E-state index contributed by atoms with van der Waals surface area (Å²) in [6, 6.07) is 12.8. The van der Waals surface area contributed by atoms with E-state index in [0.29, 0.717) is 23.7 Å². The van der Waals surface area contributed by atoms with E-state index in [4.69, 9.17) is 21.0 Å². The van der Waals surface area contributed by atoms with Gasteiger partial charge in [-0.3, -0.25) is 4.79 Å². The van der Waals surface area contributed by atoms with Crippen LogP contribution in [0.1, 0.15) is 22.8 Å². The Kier molecular flexibility index (Phi) is 4.13. The molecule has 1 aromatic carbocycles. The first-order valence-corrected chi connectivity index (χ1v) is 9.49. The number of hydrogen-bond acceptors (Lipinski definition) is 4. The third-order valence-corrected chi connectivity index (χ3v) is 5.39. The standard InChI is InChI=1S/C21H17ClN4O2/c22-16-5-3-14(4-6-16)21(27)25-10-7-17(12-25)26-19(15-8-11-28-13-15)24-18-2-1-9-23-20(18)26/h1-6,8-9,11,13,17H,7,10,12H2/t17-/m0/s1. The number of carbonyl (C=O) groups excluding carboxylic acids is 1. The number of rotatable bonds is 3. The summed E-state index contributed by atoms with van der Waals surface area (Å²) < 4.78 is 7.39. The summed E-state index contributed by atoms with van der Waals surface area (Å²) in [5.74, 6) is 0.828. The second-order valence-corrected chi connectivity index (χ2v) is 7.30. The van der Waals surface area contributed by atoms with Crippen LogP contribution in [0, 0.1) is 0 Å². The summed E-state index contributed by atoms with van der Waals surface area (Å²) in [4.78, 5) is 24.1. The molecular formula is C21H17ClN4O2. The zero-order valence-corrected chi connectivity index (χ0v) is 15.7. The maximum atomic E-state index is 12.9. The minimum absolute atomic E-state index is 0.0152. The van der Waals surface area contributed by atoms with Crippen molar-refractivity contribution in [3.63, 3.8) is 0 Å². The number of aromatic nitrogens is 3. The Balaban J connectivity index is 1.49. The minimum atomic E-state index is 0.0152. The molecule has 1 aliphatic rings. The molecule has 140 valence electrons. The maximum absolute atomic E-state index is 12.9. The second kappa shape index (κ2) is 6.80. The van der Waals surface area contributed by atoms with Crippen LogP contribution >= 0.6 is 11.6 Å². The van der Waals surface area contributed by atoms with Crippen molar-refractivity contribution in [3.8, 4) is 11.4 Å². The van der Waals surface area contributed by atoms with Gasteiger partial charge in [0.1, 0.15) is 17.6 Å². The van der Waals surface area contributed by atoms with E-state index in [1.165, 1.54) is 0 Å². The Bertz CT molecular complexity index is 1140. The van der Waals surface area contributed by atoms with Gasteiger partial charge >= 0.3 is 0 Å². The number of pyridine rings is 1. The van der Waals surface area contributed by atoms with E-state index in [0.717, 1.165) is 29.0 Å². The van der Waals surface area contributed by atoms with Gasteiger partial charge in [-0.25, -0.2) is 9.97 Å². The highest BCUT2D eigenvalue weighted by Crippen LogP contribution is 2.32. The molecule has 0 bridgehead atoms. The number of fused-ring (bicyclic) bond motifs is 1. The third kappa shape index (κ3) is 2.86. The molecular weight excluding hydrogens is 376 g/mol. The van der Waals surface area contributed by atoms with E-state index < -0.39 is 0 Å². The molecule has 0 unspecified atom stereocenters. The SMILES string of the molecule is O=C(c1ccc(Cl)cc1)N1CC[C@H](n2c(-c3ccoc3)nc3cccnc32)C1. The van der Waals surface area contributed by atoms with Crippen molar-refractivity contribution in [2.45, 2.75) is 12.5 Å². The highest BCUT2D eigenvalue weighted by Gasteiger charge is 2.31. The van der Waals surface area contributed by atoms with Gasteiger partial charge < -0.3 is 13.9 Å². The fraction of sp³-hybridized carbons (Fsp3) is 0.190. The molecule has 4 heterocycles. The van der Waals surface area contributed by atoms with E-state index in [9.17, 15) is 4.79 Å². The van der Waals surface area contributed by atoms with Gasteiger partial charge in [-0.15, -0.1) is 0 Å². The zero-order valence-electron chi connectivity index (χ0n) is 15.0. The quantitative estimate of drug-likeness (QED) is 0.517. The van der Waals surface area contributed by atoms with Crippen LogP contribution in [-0.4, -0.2) is 38.4 Å². The molecule has 6 nitrogen and oxygen atoms in total. The van der Waals surface area contributed by atoms with Gasteiger partial charge in [0.25, 0.3) is 5.91 Å². The monoisotopic (exact) mass is 392 g/mol. The predicted molar refractivity (Wildman–Crippen MR) is 106 cm³/mol. The molecule has 0 N–H and O–H groups in total. The van der Waals surface area contributed by atoms with Crippen LogP contribution in [0.5, 0.6) is 0 Å². The lowest BCUT2D eigenvalue weighted by molar-refractivity contribution is 0.0788. The first kappa shape index (κ1) is 17.0. The van der Waals surface area contributed by atoms with E-state index >= 15 is 0 Å². The van der Waals surface area contributed by atoms with Crippen LogP contribution in [0.3, 0.4) is 0 Å². The smallest absolute Gasteiger partial charge is 0.253 e. The van der Waals surface area contributed by atoms with Gasteiger partial charge in [0.2, 0.25) is 0 Å². The van der Waals surface area contributed by atoms with Gasteiger partial charge in [0, 0.05) is 29.9 Å². The number of halogens is 1. The molecule has 4 aromatic rings. The highest BCUT2D eigenvalue weighted by atomic mass is 35.5. The molecule has 1 amide bonds. The van der Waals surface area contributed by atoms with Crippen LogP contribution in [0.15, 0.2) is 65.6 Å². The second-order valence-electron chi connectivity index (χ2n) is 6.86. The Morgan fingerprint density at radius 3 is 2.82 bits per heavy atom. The van der Waals surface area contributed by atoms with E-state index in [-0.39, 0.29) is 11.9 Å². The van der Waals surface area contributed by atoms with Gasteiger partial charge in [-0.1, -0.05) is 11.6 Å². The van der Waals surface area contributed by atoms with Crippen LogP contribution in [-0.2, 0) is 0 Å². The van der Waals surface area contributed by atoms with Gasteiger partial charge in [0.15, 0.2) is 5.65 Å². The zero-order chi connectivity index (χ0) is 19.1. The number of carbonyl (C=O) groups is 1. The van der Waals surface area contributed by atoms with Crippen LogP contribution in [0.4, 0.5) is 0 Å². The molecule has 0 radical (unpaired) electrons. The average molecular weight is 393 g/mol. The molecule has 3 aromatic heterocycles. The van der Waals surface area contributed by atoms with Gasteiger partial charge in [-0.05, 0) is 48.9 Å². The first-order valence-electron chi connectivity index (χ1n) is 9.11. The molecule has 0 spiro atoms. The molecule has 1 fully saturated rings. The first-order chi connectivity index (χ1) is 13.7. The van der Waals surface area contributed by atoms with E-state index in [1.54, 1.807) is 43.0 Å². The summed E-state index contributed by atoms with van der Waals surface area (Å²) in [7, 11) is 0. The van der Waals surface area contributed by atoms with Crippen LogP contribution in [0.25, 0.3) is 22.6 Å². The van der Waals surface area contributed by atoms with Crippen molar-refractivity contribution in [1.29, 1.82) is 0 Å². The van der Waals surface area contributed by atoms with Crippen molar-refractivity contribution in [2.75, 3.05) is 13.1 Å². The normalized spacial score (nSPS) is 16.8. The number of hydrogen-bond donors (Lipinski definition) is 0. The fourth-order valence-corrected chi connectivity index (χ4v) is 3.91. The number of amides is 1. The Morgan fingerprint density at radius 2 is 2.04 bits per heavy atom. The maximum Gasteiger partial charge on any atom is 0.253 e. The molecule has 7 heteroatoms. The molecule has 1 aliphatic heterocycles. The van der Waals surface area contributed by atoms with Crippen molar-refractivity contribution in [3.05, 3.63) is 71.8 Å². The van der Waals surface area contributed by atoms with E-state index in [2.05, 4.69) is 9.55 Å². The minimum Gasteiger partial charge on any atom is -0.472 e. The summed E-state index contributed by atoms with van der Waals surface area (Å²) in [5.41, 5.74) is 3.21. The molecule has 1 saturated heterocycles. The Morgan fingerprint density at radius 1 is 1.18 bits per heavy atom. The molecule has 0 aliphatic carbocycles. The van der Waals surface area contributed by atoms with Crippen LogP contribution in [0.2, 0.25) is 5.02 Å². The highest BCUT2D eigenvalue weighted by molar-refractivity contribution is 6.30. The van der Waals surface area contributed by atoms with Crippen molar-refractivity contribution < 1.29 is 9.21 Å². The number of imidazole rings is 1. The molecule has 28 heavy (non-hydrogen) atoms. The van der Waals surface area contributed by atoms with Gasteiger partial charge in [-0.2, -0.15) is 0 Å². The topological polar surface area (TPSA) is 64.2 Å². The van der Waals surface area contributed by atoms with Crippen molar-refractivity contribution >= 4 is 28.7 Å². The summed E-state index contributed by atoms with van der Waals surface area (Å²) >= 11 is 5.94. The Labute approximate surface area is 166 Å². The number of nitrogens with zero attached hydrogens (tertiary/aromatic N) is 4. The Hall–Kier alpha value is -3.12. The lowest BCUT2D eigenvalue weighted by Crippen LogP contribution is -2.29. The fourth-order valence-electron chi connectivity index (χ4n) is 3.78. The average Bonchev–Trinajstić information content (AvgIpc) is 3.46. The third-order valence-electron chi connectivity index (χ3n) is 5.14. The van der Waals surface area contributed by atoms with Crippen LogP contribution < -0.4 is 0 Å². The largest absolute Gasteiger partial charge is 0.472 e. The van der Waals surface area contributed by atoms with Gasteiger partial charge in [0.05, 0.1) is 17.9 Å². The lowest BCUT2D eigenvalue weighted by Gasteiger charge is -2.18. The van der Waals surface area contributed by atoms with E-state index in [1.807, 2.05) is 23.1 Å². The summed E-state index contributed by atoms with van der Waals surface area (Å²) in [5, 5.41) is 0.622. The number of likely N-dealkylation sites (tertiary alicyclic amines) is 1. The number of furan rings is 1. The summed E-state index contributed by atoms with van der Waals surface area (Å²) in [6.45, 7) is 1.29. The van der Waals surface area contributed by atoms with Crippen molar-refractivity contribution in [1.82, 2.24) is 19.4 Å². The molecule has 1 atom stereocenters. The summed E-state index contributed by atoms with van der Waals surface area (Å²) in [6.07, 6.45) is 5.93. The number of benzene rings is 1. The predicted octanol–water partition coefficient (Wildman–Crippen LogP) is 4.43. The lowest BCUT2D eigenvalue weighted by atomic mass is 10.2. The molecule has 5 rings (SSSR count). The van der Waals surface area contributed by atoms with Crippen molar-refractivity contribution in [2.24, 2.45) is 0 Å².